The fraction of sp³-hybridized carbons (Fsp3) is 0.200. The number of ether oxygens (including phenoxy) is 1. The topological polar surface area (TPSA) is 47.4 Å². The van der Waals surface area contributed by atoms with E-state index >= 15 is 0 Å². The summed E-state index contributed by atoms with van der Waals surface area (Å²) < 4.78 is 20.3. The van der Waals surface area contributed by atoms with E-state index in [1.165, 1.54) is 12.1 Å². The third-order valence-electron chi connectivity index (χ3n) is 5.95. The molecule has 2 atom stereocenters. The van der Waals surface area contributed by atoms with Crippen LogP contribution < -0.4 is 9.64 Å². The number of benzene rings is 3. The SMILES string of the molecule is COc1ccc([C@@H]2CC(C)C(=O)N2c2ccc3c(cnn3-c3ccc(F)cc3)c2)cc1. The van der Waals surface area contributed by atoms with E-state index < -0.39 is 0 Å². The second kappa shape index (κ2) is 7.54. The summed E-state index contributed by atoms with van der Waals surface area (Å²) in [4.78, 5) is 14.9. The summed E-state index contributed by atoms with van der Waals surface area (Å²) in [6.45, 7) is 1.98. The van der Waals surface area contributed by atoms with Crippen molar-refractivity contribution in [2.45, 2.75) is 19.4 Å². The zero-order valence-electron chi connectivity index (χ0n) is 17.3. The minimum Gasteiger partial charge on any atom is -0.497 e. The van der Waals surface area contributed by atoms with Crippen molar-refractivity contribution in [2.24, 2.45) is 5.92 Å². The lowest BCUT2D eigenvalue weighted by Gasteiger charge is -2.25. The van der Waals surface area contributed by atoms with Crippen molar-refractivity contribution in [3.8, 4) is 11.4 Å². The smallest absolute Gasteiger partial charge is 0.230 e. The number of rotatable bonds is 4. The van der Waals surface area contributed by atoms with E-state index in [1.807, 2.05) is 54.3 Å². The van der Waals surface area contributed by atoms with Crippen LogP contribution in [0.5, 0.6) is 5.75 Å². The van der Waals surface area contributed by atoms with Crippen molar-refractivity contribution in [1.29, 1.82) is 0 Å². The summed E-state index contributed by atoms with van der Waals surface area (Å²) in [5.74, 6) is 0.576. The number of nitrogens with zero attached hydrogens (tertiary/aromatic N) is 3. The van der Waals surface area contributed by atoms with Crippen LogP contribution in [0.15, 0.2) is 72.9 Å². The molecular formula is C25H22FN3O2. The molecule has 3 aromatic carbocycles. The molecule has 5 rings (SSSR count). The molecule has 156 valence electrons. The molecule has 1 aromatic heterocycles. The van der Waals surface area contributed by atoms with Gasteiger partial charge in [0.25, 0.3) is 0 Å². The van der Waals surface area contributed by atoms with Gasteiger partial charge in [0.1, 0.15) is 11.6 Å². The number of halogens is 1. The van der Waals surface area contributed by atoms with Gasteiger partial charge in [-0.1, -0.05) is 19.1 Å². The van der Waals surface area contributed by atoms with Crippen LogP contribution in [0.2, 0.25) is 0 Å². The average molecular weight is 415 g/mol. The van der Waals surface area contributed by atoms with Crippen LogP contribution >= 0.6 is 0 Å². The number of carbonyl (C=O) groups excluding carboxylic acids is 1. The van der Waals surface area contributed by atoms with Crippen molar-refractivity contribution in [3.63, 3.8) is 0 Å². The molecule has 0 aliphatic carbocycles. The number of hydrogen-bond donors (Lipinski definition) is 0. The van der Waals surface area contributed by atoms with E-state index in [1.54, 1.807) is 30.1 Å². The molecular weight excluding hydrogens is 393 g/mol. The highest BCUT2D eigenvalue weighted by Crippen LogP contribution is 2.41. The first-order chi connectivity index (χ1) is 15.0. The third-order valence-corrected chi connectivity index (χ3v) is 5.95. The van der Waals surface area contributed by atoms with Crippen LogP contribution in [-0.2, 0) is 4.79 Å². The van der Waals surface area contributed by atoms with E-state index in [0.717, 1.165) is 40.0 Å². The predicted octanol–water partition coefficient (Wildman–Crippen LogP) is 5.29. The summed E-state index contributed by atoms with van der Waals surface area (Å²) in [7, 11) is 1.64. The average Bonchev–Trinajstić information content (AvgIpc) is 3.35. The van der Waals surface area contributed by atoms with E-state index in [-0.39, 0.29) is 23.7 Å². The van der Waals surface area contributed by atoms with Gasteiger partial charge >= 0.3 is 0 Å². The van der Waals surface area contributed by atoms with Gasteiger partial charge in [0, 0.05) is 17.0 Å². The van der Waals surface area contributed by atoms with Gasteiger partial charge < -0.3 is 9.64 Å². The molecule has 1 amide bonds. The summed E-state index contributed by atoms with van der Waals surface area (Å²) >= 11 is 0. The Kier molecular flexibility index (Phi) is 4.70. The zero-order chi connectivity index (χ0) is 21.5. The molecule has 1 aliphatic heterocycles. The van der Waals surface area contributed by atoms with Crippen LogP contribution in [-0.4, -0.2) is 22.8 Å². The Morgan fingerprint density at radius 1 is 1.00 bits per heavy atom. The van der Waals surface area contributed by atoms with E-state index in [9.17, 15) is 9.18 Å². The Bertz CT molecular complexity index is 1250. The van der Waals surface area contributed by atoms with Gasteiger partial charge in [-0.3, -0.25) is 4.79 Å². The van der Waals surface area contributed by atoms with E-state index in [2.05, 4.69) is 5.10 Å². The Morgan fingerprint density at radius 3 is 2.42 bits per heavy atom. The molecule has 1 aliphatic rings. The van der Waals surface area contributed by atoms with Crippen molar-refractivity contribution in [2.75, 3.05) is 12.0 Å². The van der Waals surface area contributed by atoms with Crippen molar-refractivity contribution < 1.29 is 13.9 Å². The molecule has 1 saturated heterocycles. The van der Waals surface area contributed by atoms with Gasteiger partial charge in [-0.15, -0.1) is 0 Å². The molecule has 5 nitrogen and oxygen atoms in total. The standard InChI is InChI=1S/C25H22FN3O2/c1-16-13-24(17-3-10-22(31-2)11-4-17)28(25(16)30)21-9-12-23-18(14-21)15-27-29(23)20-7-5-19(26)6-8-20/h3-12,14-16,24H,13H2,1-2H3/t16?,24-/m0/s1. The molecule has 6 heteroatoms. The lowest BCUT2D eigenvalue weighted by Crippen LogP contribution is -2.28. The van der Waals surface area contributed by atoms with Crippen LogP contribution in [0.25, 0.3) is 16.6 Å². The minimum atomic E-state index is -0.284. The number of carbonyl (C=O) groups is 1. The Balaban J connectivity index is 1.53. The van der Waals surface area contributed by atoms with Gasteiger partial charge in [-0.2, -0.15) is 5.10 Å². The molecule has 0 saturated carbocycles. The van der Waals surface area contributed by atoms with Crippen LogP contribution in [0.1, 0.15) is 24.9 Å². The van der Waals surface area contributed by atoms with Crippen LogP contribution in [0.3, 0.4) is 0 Å². The van der Waals surface area contributed by atoms with Crippen molar-refractivity contribution in [3.05, 3.63) is 84.3 Å². The van der Waals surface area contributed by atoms with E-state index in [4.69, 9.17) is 4.74 Å². The first-order valence-corrected chi connectivity index (χ1v) is 10.3. The molecule has 2 heterocycles. The highest BCUT2D eigenvalue weighted by atomic mass is 19.1. The number of hydrogen-bond acceptors (Lipinski definition) is 3. The Morgan fingerprint density at radius 2 is 1.71 bits per heavy atom. The minimum absolute atomic E-state index is 0.0296. The summed E-state index contributed by atoms with van der Waals surface area (Å²) in [6.07, 6.45) is 2.53. The molecule has 0 spiro atoms. The summed E-state index contributed by atoms with van der Waals surface area (Å²) in [5.41, 5.74) is 3.61. The predicted molar refractivity (Wildman–Crippen MR) is 118 cm³/mol. The second-order valence-electron chi connectivity index (χ2n) is 7.91. The maximum absolute atomic E-state index is 13.3. The van der Waals surface area contributed by atoms with Gasteiger partial charge in [-0.25, -0.2) is 9.07 Å². The molecule has 0 bridgehead atoms. The largest absolute Gasteiger partial charge is 0.497 e. The Hall–Kier alpha value is -3.67. The lowest BCUT2D eigenvalue weighted by molar-refractivity contribution is -0.120. The first kappa shape index (κ1) is 19.3. The fourth-order valence-corrected chi connectivity index (χ4v) is 4.31. The zero-order valence-corrected chi connectivity index (χ0v) is 17.3. The quantitative estimate of drug-likeness (QED) is 0.455. The fourth-order valence-electron chi connectivity index (χ4n) is 4.31. The number of aromatic nitrogens is 2. The molecule has 1 fully saturated rings. The molecule has 0 radical (unpaired) electrons. The highest BCUT2D eigenvalue weighted by Gasteiger charge is 2.38. The third kappa shape index (κ3) is 3.34. The van der Waals surface area contributed by atoms with Gasteiger partial charge in [0.2, 0.25) is 5.91 Å². The Labute approximate surface area is 179 Å². The van der Waals surface area contributed by atoms with E-state index in [0.29, 0.717) is 0 Å². The second-order valence-corrected chi connectivity index (χ2v) is 7.91. The molecule has 1 unspecified atom stereocenters. The van der Waals surface area contributed by atoms with Crippen molar-refractivity contribution in [1.82, 2.24) is 9.78 Å². The number of anilines is 1. The van der Waals surface area contributed by atoms with Crippen LogP contribution in [0.4, 0.5) is 10.1 Å². The van der Waals surface area contributed by atoms with Crippen molar-refractivity contribution >= 4 is 22.5 Å². The normalized spacial score (nSPS) is 18.7. The lowest BCUT2D eigenvalue weighted by atomic mass is 10.0. The van der Waals surface area contributed by atoms with Crippen LogP contribution in [0, 0.1) is 11.7 Å². The number of methoxy groups -OCH3 is 1. The molecule has 4 aromatic rings. The first-order valence-electron chi connectivity index (χ1n) is 10.3. The molecule has 0 N–H and O–H groups in total. The summed E-state index contributed by atoms with van der Waals surface area (Å²) in [5, 5.41) is 5.39. The van der Waals surface area contributed by atoms with Gasteiger partial charge in [0.05, 0.1) is 30.6 Å². The number of fused-ring (bicyclic) bond motifs is 1. The van der Waals surface area contributed by atoms with Gasteiger partial charge in [0.15, 0.2) is 0 Å². The van der Waals surface area contributed by atoms with Gasteiger partial charge in [-0.05, 0) is 66.6 Å². The maximum Gasteiger partial charge on any atom is 0.230 e. The molecule has 31 heavy (non-hydrogen) atoms. The number of amides is 1. The maximum atomic E-state index is 13.3. The summed E-state index contributed by atoms with van der Waals surface area (Å²) in [6, 6.07) is 20.0. The highest BCUT2D eigenvalue weighted by molar-refractivity contribution is 5.99. The monoisotopic (exact) mass is 415 g/mol.